The van der Waals surface area contributed by atoms with Crippen molar-refractivity contribution in [2.45, 2.75) is 118 Å². The van der Waals surface area contributed by atoms with Crippen molar-refractivity contribution in [2.75, 3.05) is 0 Å². The van der Waals surface area contributed by atoms with Gasteiger partial charge >= 0.3 is 0 Å². The second kappa shape index (κ2) is 17.1. The van der Waals surface area contributed by atoms with Crippen LogP contribution in [-0.4, -0.2) is 49.6 Å². The molecule has 0 saturated carbocycles. The molecule has 0 fully saturated rings. The molecular formula is C52H56N8O6. The van der Waals surface area contributed by atoms with Crippen molar-refractivity contribution in [1.29, 1.82) is 0 Å². The van der Waals surface area contributed by atoms with E-state index >= 15 is 0 Å². The number of aromatic nitrogens is 8. The van der Waals surface area contributed by atoms with Crippen molar-refractivity contribution < 1.29 is 28.1 Å². The molecule has 2 N–H and O–H groups in total. The molecule has 66 heavy (non-hydrogen) atoms. The third-order valence-corrected chi connectivity index (χ3v) is 12.7. The first kappa shape index (κ1) is 44.3. The third-order valence-electron chi connectivity index (χ3n) is 12.7. The normalized spacial score (nSPS) is 13.3. The standard InChI is InChI=1S/2C26H28N4O3/c2*1-6-7-21(20-13-32-14-28-20)30-22-11-18(26(4,5)31)8-9-19(22)25-23(30)10-17(12-27-25)24-15(2)29-33-16(24)3/h2*8-14,21,31H,6-7H2,1-5H3. The SMILES string of the molecule is CCCC(c1cocn1)n1c2cc(C(C)(C)O)ccc2c2ncc(-c3c(C)noc3C)cc21.CCCC(c1cocn1)n1c2cc(C(C)(C)O)ccc2c2ncc(-c3c(C)noc3C)cc21. The molecule has 8 heterocycles. The number of rotatable bonds is 12. The lowest BCUT2D eigenvalue weighted by Crippen LogP contribution is -2.16. The first-order chi connectivity index (χ1) is 31.6. The van der Waals surface area contributed by atoms with Crippen molar-refractivity contribution >= 4 is 43.9 Å². The van der Waals surface area contributed by atoms with Crippen LogP contribution in [0.4, 0.5) is 0 Å². The zero-order chi connectivity index (χ0) is 46.7. The zero-order valence-electron chi connectivity index (χ0n) is 39.2. The number of hydrogen-bond acceptors (Lipinski definition) is 12. The van der Waals surface area contributed by atoms with E-state index in [0.717, 1.165) is 137 Å². The molecule has 2 atom stereocenters. The maximum Gasteiger partial charge on any atom is 0.180 e. The fourth-order valence-corrected chi connectivity index (χ4v) is 9.45. The Balaban J connectivity index is 0.000000166. The Morgan fingerprint density at radius 2 is 0.970 bits per heavy atom. The van der Waals surface area contributed by atoms with Crippen LogP contribution in [0.2, 0.25) is 0 Å². The van der Waals surface area contributed by atoms with Crippen LogP contribution in [0.5, 0.6) is 0 Å². The molecule has 2 aromatic carbocycles. The fraction of sp³-hybridized carbons (Fsp3) is 0.346. The smallest absolute Gasteiger partial charge is 0.180 e. The summed E-state index contributed by atoms with van der Waals surface area (Å²) in [6, 6.07) is 16.4. The first-order valence-corrected chi connectivity index (χ1v) is 22.5. The number of nitrogens with zero attached hydrogens (tertiary/aromatic N) is 8. The first-order valence-electron chi connectivity index (χ1n) is 22.5. The topological polar surface area (TPSA) is 180 Å². The number of hydrogen-bond donors (Lipinski definition) is 2. The lowest BCUT2D eigenvalue weighted by molar-refractivity contribution is 0.0781. The molecule has 14 heteroatoms. The van der Waals surface area contributed by atoms with Crippen LogP contribution in [0.3, 0.4) is 0 Å². The van der Waals surface area contributed by atoms with E-state index in [4.69, 9.17) is 27.8 Å². The second-order valence-electron chi connectivity index (χ2n) is 18.3. The van der Waals surface area contributed by atoms with Crippen LogP contribution < -0.4 is 0 Å². The summed E-state index contributed by atoms with van der Waals surface area (Å²) in [5, 5.41) is 31.7. The van der Waals surface area contributed by atoms with Crippen molar-refractivity contribution in [2.24, 2.45) is 0 Å². The highest BCUT2D eigenvalue weighted by molar-refractivity contribution is 6.08. The highest BCUT2D eigenvalue weighted by Gasteiger charge is 2.28. The minimum Gasteiger partial charge on any atom is -0.451 e. The van der Waals surface area contributed by atoms with Crippen LogP contribution in [-0.2, 0) is 11.2 Å². The van der Waals surface area contributed by atoms with Gasteiger partial charge in [-0.15, -0.1) is 0 Å². The van der Waals surface area contributed by atoms with E-state index in [9.17, 15) is 10.2 Å². The quantitative estimate of drug-likeness (QED) is 0.119. The largest absolute Gasteiger partial charge is 0.451 e. The highest BCUT2D eigenvalue weighted by atomic mass is 16.5. The number of aliphatic hydroxyl groups is 2. The molecule has 14 nitrogen and oxygen atoms in total. The number of aryl methyl sites for hydroxylation is 4. The van der Waals surface area contributed by atoms with E-state index in [0.29, 0.717) is 0 Å². The summed E-state index contributed by atoms with van der Waals surface area (Å²) in [7, 11) is 0. The minimum absolute atomic E-state index is 0.0347. The van der Waals surface area contributed by atoms with Gasteiger partial charge < -0.3 is 37.2 Å². The van der Waals surface area contributed by atoms with E-state index in [-0.39, 0.29) is 12.1 Å². The summed E-state index contributed by atoms with van der Waals surface area (Å²) in [4.78, 5) is 18.8. The Bertz CT molecular complexity index is 3060. The van der Waals surface area contributed by atoms with Crippen LogP contribution in [0, 0.1) is 27.7 Å². The predicted octanol–water partition coefficient (Wildman–Crippen LogP) is 12.1. The molecule has 10 rings (SSSR count). The average molecular weight is 889 g/mol. The summed E-state index contributed by atoms with van der Waals surface area (Å²) >= 11 is 0. The van der Waals surface area contributed by atoms with Crippen molar-refractivity contribution in [3.05, 3.63) is 132 Å². The molecule has 0 aliphatic carbocycles. The van der Waals surface area contributed by atoms with Gasteiger partial charge in [0.25, 0.3) is 0 Å². The lowest BCUT2D eigenvalue weighted by atomic mass is 9.97. The van der Waals surface area contributed by atoms with E-state index in [2.05, 4.69) is 79.7 Å². The Labute approximate surface area is 382 Å². The molecule has 0 amide bonds. The number of fused-ring (bicyclic) bond motifs is 6. The Morgan fingerprint density at radius 1 is 0.561 bits per heavy atom. The van der Waals surface area contributed by atoms with Crippen molar-refractivity contribution in [3.63, 3.8) is 0 Å². The molecule has 0 saturated heterocycles. The molecule has 8 aromatic heterocycles. The summed E-state index contributed by atoms with van der Waals surface area (Å²) in [5.74, 6) is 1.53. The Hall–Kier alpha value is -6.90. The van der Waals surface area contributed by atoms with E-state index in [1.807, 2.05) is 52.2 Å². The Morgan fingerprint density at radius 3 is 1.29 bits per heavy atom. The van der Waals surface area contributed by atoms with Gasteiger partial charge in [-0.1, -0.05) is 61.3 Å². The molecule has 0 bridgehead atoms. The highest BCUT2D eigenvalue weighted by Crippen LogP contribution is 2.41. The number of pyridine rings is 2. The van der Waals surface area contributed by atoms with Gasteiger partial charge in [-0.05, 0) is 104 Å². The average Bonchev–Trinajstić information content (AvgIpc) is 4.16. The number of benzene rings is 2. The van der Waals surface area contributed by atoms with Crippen LogP contribution in [0.25, 0.3) is 66.1 Å². The fourth-order valence-electron chi connectivity index (χ4n) is 9.45. The van der Waals surface area contributed by atoms with Crippen LogP contribution >= 0.6 is 0 Å². The molecule has 0 radical (unpaired) electrons. The molecule has 0 spiro atoms. The maximum absolute atomic E-state index is 10.7. The van der Waals surface area contributed by atoms with Crippen molar-refractivity contribution in [3.8, 4) is 22.3 Å². The van der Waals surface area contributed by atoms with Gasteiger partial charge in [-0.3, -0.25) is 9.97 Å². The minimum atomic E-state index is -0.959. The van der Waals surface area contributed by atoms with Crippen LogP contribution in [0.15, 0.2) is 104 Å². The van der Waals surface area contributed by atoms with Gasteiger partial charge in [0, 0.05) is 45.4 Å². The molecule has 0 aliphatic rings. The van der Waals surface area contributed by atoms with Crippen molar-refractivity contribution in [1.82, 2.24) is 39.4 Å². The number of oxazole rings is 2. The van der Waals surface area contributed by atoms with Gasteiger partial charge in [0.2, 0.25) is 0 Å². The maximum atomic E-state index is 10.7. The van der Waals surface area contributed by atoms with Gasteiger partial charge in [0.15, 0.2) is 12.8 Å². The second-order valence-corrected chi connectivity index (χ2v) is 18.3. The van der Waals surface area contributed by atoms with E-state index < -0.39 is 11.2 Å². The summed E-state index contributed by atoms with van der Waals surface area (Å²) in [6.45, 7) is 19.2. The van der Waals surface area contributed by atoms with Gasteiger partial charge in [0.1, 0.15) is 35.4 Å². The molecule has 10 aromatic rings. The van der Waals surface area contributed by atoms with Crippen LogP contribution in [0.1, 0.15) is 125 Å². The van der Waals surface area contributed by atoms with Gasteiger partial charge in [-0.25, -0.2) is 9.97 Å². The summed E-state index contributed by atoms with van der Waals surface area (Å²) in [5.41, 5.74) is 12.9. The molecule has 0 aliphatic heterocycles. The predicted molar refractivity (Wildman–Crippen MR) is 254 cm³/mol. The molecule has 2 unspecified atom stereocenters. The molecule has 340 valence electrons. The van der Waals surface area contributed by atoms with Gasteiger partial charge in [0.05, 0.1) is 67.8 Å². The Kier molecular flexibility index (Phi) is 11.5. The lowest BCUT2D eigenvalue weighted by Gasteiger charge is -2.21. The molecular weight excluding hydrogens is 833 g/mol. The summed E-state index contributed by atoms with van der Waals surface area (Å²) < 4.78 is 26.1. The third kappa shape index (κ3) is 7.87. The summed E-state index contributed by atoms with van der Waals surface area (Å²) in [6.07, 6.45) is 13.8. The van der Waals surface area contributed by atoms with E-state index in [1.54, 1.807) is 40.2 Å². The monoisotopic (exact) mass is 888 g/mol. The van der Waals surface area contributed by atoms with E-state index in [1.165, 1.54) is 12.8 Å². The van der Waals surface area contributed by atoms with Gasteiger partial charge in [-0.2, -0.15) is 0 Å². The zero-order valence-corrected chi connectivity index (χ0v) is 39.2.